The van der Waals surface area contributed by atoms with E-state index in [4.69, 9.17) is 5.73 Å². The second-order valence-corrected chi connectivity index (χ2v) is 4.82. The fraction of sp³-hybridized carbons (Fsp3) is 1.00. The second kappa shape index (κ2) is 6.46. The predicted molar refractivity (Wildman–Crippen MR) is 66.0 cm³/mol. The molecule has 1 saturated heterocycles. The first-order valence-electron chi connectivity index (χ1n) is 6.37. The van der Waals surface area contributed by atoms with Gasteiger partial charge in [-0.2, -0.15) is 0 Å². The molecule has 0 aromatic rings. The molecule has 0 saturated carbocycles. The zero-order valence-electron chi connectivity index (χ0n) is 10.6. The molecule has 90 valence electrons. The molecule has 15 heavy (non-hydrogen) atoms. The molecule has 0 aromatic heterocycles. The molecule has 0 radical (unpaired) electrons. The first-order chi connectivity index (χ1) is 7.19. The molecule has 0 amide bonds. The molecular formula is C12H27N3. The van der Waals surface area contributed by atoms with Crippen LogP contribution in [-0.2, 0) is 0 Å². The van der Waals surface area contributed by atoms with E-state index in [-0.39, 0.29) is 0 Å². The van der Waals surface area contributed by atoms with Crippen LogP contribution in [0.2, 0.25) is 0 Å². The summed E-state index contributed by atoms with van der Waals surface area (Å²) >= 11 is 0. The van der Waals surface area contributed by atoms with Crippen LogP contribution in [0.25, 0.3) is 0 Å². The number of likely N-dealkylation sites (tertiary alicyclic amines) is 1. The number of rotatable bonds is 5. The Morgan fingerprint density at radius 3 is 2.40 bits per heavy atom. The Kier molecular flexibility index (Phi) is 5.58. The summed E-state index contributed by atoms with van der Waals surface area (Å²) in [5.41, 5.74) is 6.23. The highest BCUT2D eigenvalue weighted by Crippen LogP contribution is 2.14. The van der Waals surface area contributed by atoms with Crippen molar-refractivity contribution in [2.75, 3.05) is 33.2 Å². The van der Waals surface area contributed by atoms with Crippen LogP contribution in [0.1, 0.15) is 33.1 Å². The van der Waals surface area contributed by atoms with Crippen molar-refractivity contribution >= 4 is 0 Å². The molecule has 1 rings (SSSR count). The normalized spacial score (nSPS) is 28.6. The van der Waals surface area contributed by atoms with E-state index in [1.54, 1.807) is 0 Å². The first-order valence-corrected chi connectivity index (χ1v) is 6.37. The Morgan fingerprint density at radius 2 is 1.87 bits per heavy atom. The van der Waals surface area contributed by atoms with Gasteiger partial charge in [0.2, 0.25) is 0 Å². The van der Waals surface area contributed by atoms with Crippen molar-refractivity contribution in [3.05, 3.63) is 0 Å². The molecule has 0 aromatic carbocycles. The highest BCUT2D eigenvalue weighted by molar-refractivity contribution is 4.88. The van der Waals surface area contributed by atoms with Gasteiger partial charge < -0.3 is 10.6 Å². The van der Waals surface area contributed by atoms with Crippen LogP contribution in [0.4, 0.5) is 0 Å². The highest BCUT2D eigenvalue weighted by Gasteiger charge is 2.28. The fourth-order valence-corrected chi connectivity index (χ4v) is 2.51. The monoisotopic (exact) mass is 213 g/mol. The molecule has 1 fully saturated rings. The molecule has 3 nitrogen and oxygen atoms in total. The minimum Gasteiger partial charge on any atom is -0.326 e. The van der Waals surface area contributed by atoms with Gasteiger partial charge in [0.25, 0.3) is 0 Å². The quantitative estimate of drug-likeness (QED) is 0.743. The second-order valence-electron chi connectivity index (χ2n) is 4.82. The third-order valence-corrected chi connectivity index (χ3v) is 3.33. The van der Waals surface area contributed by atoms with Crippen LogP contribution in [-0.4, -0.2) is 55.1 Å². The Labute approximate surface area is 94.6 Å². The molecule has 2 unspecified atom stereocenters. The first kappa shape index (κ1) is 12.9. The molecular weight excluding hydrogens is 186 g/mol. The maximum absolute atomic E-state index is 6.23. The molecule has 0 aliphatic carbocycles. The number of likely N-dealkylation sites (N-methyl/N-ethyl adjacent to an activating group) is 1. The molecule has 1 aliphatic rings. The number of hydrogen-bond acceptors (Lipinski definition) is 3. The average Bonchev–Trinajstić information content (AvgIpc) is 2.21. The van der Waals surface area contributed by atoms with E-state index in [2.05, 4.69) is 30.7 Å². The van der Waals surface area contributed by atoms with Gasteiger partial charge in [0, 0.05) is 18.6 Å². The Balaban J connectivity index is 2.54. The molecule has 1 heterocycles. The van der Waals surface area contributed by atoms with Gasteiger partial charge in [0.1, 0.15) is 0 Å². The maximum atomic E-state index is 6.23. The van der Waals surface area contributed by atoms with Crippen LogP contribution in [0.3, 0.4) is 0 Å². The molecule has 3 heteroatoms. The van der Waals surface area contributed by atoms with E-state index in [1.165, 1.54) is 25.9 Å². The van der Waals surface area contributed by atoms with Crippen molar-refractivity contribution in [3.8, 4) is 0 Å². The summed E-state index contributed by atoms with van der Waals surface area (Å²) in [5, 5.41) is 0. The van der Waals surface area contributed by atoms with Gasteiger partial charge in [-0.3, -0.25) is 4.90 Å². The maximum Gasteiger partial charge on any atom is 0.0374 e. The lowest BCUT2D eigenvalue weighted by atomic mass is 9.98. The number of hydrogen-bond donors (Lipinski definition) is 1. The average molecular weight is 213 g/mol. The summed E-state index contributed by atoms with van der Waals surface area (Å²) in [6.07, 6.45) is 3.60. The Morgan fingerprint density at radius 1 is 1.27 bits per heavy atom. The van der Waals surface area contributed by atoms with Gasteiger partial charge in [-0.1, -0.05) is 13.8 Å². The minimum absolute atomic E-state index is 0.374. The lowest BCUT2D eigenvalue weighted by Gasteiger charge is -2.41. The highest BCUT2D eigenvalue weighted by atomic mass is 15.2. The third kappa shape index (κ3) is 3.74. The summed E-state index contributed by atoms with van der Waals surface area (Å²) in [6.45, 7) is 9.19. The summed E-state index contributed by atoms with van der Waals surface area (Å²) in [4.78, 5) is 4.99. The van der Waals surface area contributed by atoms with Crippen LogP contribution in [0.5, 0.6) is 0 Å². The summed E-state index contributed by atoms with van der Waals surface area (Å²) < 4.78 is 0. The standard InChI is InChI=1S/C12H27N3/c1-4-7-15(8-5-2)12-10-14(3)9-6-11(12)13/h11-12H,4-10,13H2,1-3H3. The van der Waals surface area contributed by atoms with Crippen molar-refractivity contribution in [3.63, 3.8) is 0 Å². The van der Waals surface area contributed by atoms with E-state index in [0.29, 0.717) is 12.1 Å². The summed E-state index contributed by atoms with van der Waals surface area (Å²) in [7, 11) is 2.20. The zero-order valence-corrected chi connectivity index (χ0v) is 10.6. The van der Waals surface area contributed by atoms with Crippen LogP contribution in [0, 0.1) is 0 Å². The fourth-order valence-electron chi connectivity index (χ4n) is 2.51. The van der Waals surface area contributed by atoms with Crippen LogP contribution in [0.15, 0.2) is 0 Å². The Hall–Kier alpha value is -0.120. The molecule has 2 N–H and O–H groups in total. The largest absolute Gasteiger partial charge is 0.326 e. The van der Waals surface area contributed by atoms with Gasteiger partial charge in [-0.25, -0.2) is 0 Å². The molecule has 0 spiro atoms. The van der Waals surface area contributed by atoms with E-state index < -0.39 is 0 Å². The van der Waals surface area contributed by atoms with E-state index in [9.17, 15) is 0 Å². The number of nitrogens with zero attached hydrogens (tertiary/aromatic N) is 2. The van der Waals surface area contributed by atoms with Crippen molar-refractivity contribution in [1.82, 2.24) is 9.80 Å². The smallest absolute Gasteiger partial charge is 0.0374 e. The van der Waals surface area contributed by atoms with E-state index in [1.807, 2.05) is 0 Å². The van der Waals surface area contributed by atoms with Gasteiger partial charge in [-0.05, 0) is 45.9 Å². The van der Waals surface area contributed by atoms with Gasteiger partial charge in [0.15, 0.2) is 0 Å². The molecule has 1 aliphatic heterocycles. The topological polar surface area (TPSA) is 32.5 Å². The van der Waals surface area contributed by atoms with Crippen molar-refractivity contribution in [2.45, 2.75) is 45.2 Å². The summed E-state index contributed by atoms with van der Waals surface area (Å²) in [5.74, 6) is 0. The summed E-state index contributed by atoms with van der Waals surface area (Å²) in [6, 6.07) is 0.947. The van der Waals surface area contributed by atoms with Gasteiger partial charge in [-0.15, -0.1) is 0 Å². The van der Waals surface area contributed by atoms with Crippen molar-refractivity contribution < 1.29 is 0 Å². The third-order valence-electron chi connectivity index (χ3n) is 3.33. The van der Waals surface area contributed by atoms with Gasteiger partial charge in [0.05, 0.1) is 0 Å². The lowest BCUT2D eigenvalue weighted by Crippen LogP contribution is -2.57. The van der Waals surface area contributed by atoms with Crippen LogP contribution < -0.4 is 5.73 Å². The lowest BCUT2D eigenvalue weighted by molar-refractivity contribution is 0.0946. The minimum atomic E-state index is 0.374. The van der Waals surface area contributed by atoms with Crippen molar-refractivity contribution in [2.24, 2.45) is 5.73 Å². The predicted octanol–water partition coefficient (Wildman–Crippen LogP) is 1.14. The van der Waals surface area contributed by atoms with E-state index >= 15 is 0 Å². The number of nitrogens with two attached hydrogens (primary N) is 1. The Bertz CT molecular complexity index is 166. The number of piperidine rings is 1. The molecule has 0 bridgehead atoms. The van der Waals surface area contributed by atoms with Gasteiger partial charge >= 0.3 is 0 Å². The SMILES string of the molecule is CCCN(CCC)C1CN(C)CCC1N. The van der Waals surface area contributed by atoms with E-state index in [0.717, 1.165) is 19.5 Å². The van der Waals surface area contributed by atoms with Crippen molar-refractivity contribution in [1.29, 1.82) is 0 Å². The van der Waals surface area contributed by atoms with Crippen LogP contribution >= 0.6 is 0 Å². The molecule has 2 atom stereocenters. The zero-order chi connectivity index (χ0) is 11.3.